The average molecular weight is 308 g/mol. The van der Waals surface area contributed by atoms with Gasteiger partial charge in [-0.2, -0.15) is 9.40 Å². The van der Waals surface area contributed by atoms with Crippen LogP contribution in [0.1, 0.15) is 24.1 Å². The molecule has 0 saturated carbocycles. The average Bonchev–Trinajstić information content (AvgIpc) is 2.98. The Morgan fingerprint density at radius 2 is 2.32 bits per heavy atom. The third-order valence-corrected chi connectivity index (χ3v) is 5.37. The normalized spacial score (nSPS) is 20.3. The van der Waals surface area contributed by atoms with Crippen LogP contribution < -0.4 is 0 Å². The lowest BCUT2D eigenvalue weighted by Gasteiger charge is -2.19. The molecule has 0 amide bonds. The minimum Gasteiger partial charge on any atom is -0.377 e. The molecule has 19 heavy (non-hydrogen) atoms. The first-order chi connectivity index (χ1) is 8.96. The SMILES string of the molecule is Cc1[nH]nc(S(=O)(=O)N(C)CC2CCCO2)c1CCl. The number of H-pyrrole nitrogens is 1. The molecule has 0 aromatic carbocycles. The van der Waals surface area contributed by atoms with Gasteiger partial charge >= 0.3 is 0 Å². The molecule has 1 aliphatic rings. The van der Waals surface area contributed by atoms with E-state index in [2.05, 4.69) is 10.2 Å². The van der Waals surface area contributed by atoms with Crippen molar-refractivity contribution in [3.8, 4) is 0 Å². The molecule has 0 aliphatic carbocycles. The largest absolute Gasteiger partial charge is 0.377 e. The molecule has 8 heteroatoms. The Bertz CT molecular complexity index is 537. The number of aryl methyl sites for hydroxylation is 1. The van der Waals surface area contributed by atoms with E-state index in [1.807, 2.05) is 0 Å². The highest BCUT2D eigenvalue weighted by Crippen LogP contribution is 2.22. The van der Waals surface area contributed by atoms with Gasteiger partial charge in [0.25, 0.3) is 10.0 Å². The van der Waals surface area contributed by atoms with E-state index in [1.165, 1.54) is 4.31 Å². The quantitative estimate of drug-likeness (QED) is 0.831. The van der Waals surface area contributed by atoms with Crippen molar-refractivity contribution in [3.05, 3.63) is 11.3 Å². The summed E-state index contributed by atoms with van der Waals surface area (Å²) < 4.78 is 31.6. The molecular weight excluding hydrogens is 290 g/mol. The van der Waals surface area contributed by atoms with Crippen molar-refractivity contribution >= 4 is 21.6 Å². The zero-order valence-electron chi connectivity index (χ0n) is 11.0. The fourth-order valence-electron chi connectivity index (χ4n) is 2.12. The maximum atomic E-state index is 12.4. The number of aromatic amines is 1. The van der Waals surface area contributed by atoms with Crippen molar-refractivity contribution in [2.75, 3.05) is 20.2 Å². The van der Waals surface area contributed by atoms with Gasteiger partial charge in [-0.05, 0) is 19.8 Å². The number of aromatic nitrogens is 2. The second-order valence-corrected chi connectivity index (χ2v) is 6.91. The van der Waals surface area contributed by atoms with Gasteiger partial charge < -0.3 is 4.74 Å². The Labute approximate surface area is 118 Å². The molecule has 1 atom stereocenters. The summed E-state index contributed by atoms with van der Waals surface area (Å²) in [5.74, 6) is 0.116. The van der Waals surface area contributed by atoms with Crippen LogP contribution in [0.15, 0.2) is 5.03 Å². The summed E-state index contributed by atoms with van der Waals surface area (Å²) >= 11 is 5.79. The highest BCUT2D eigenvalue weighted by atomic mass is 35.5. The Balaban J connectivity index is 2.20. The molecular formula is C11H18ClN3O3S. The first-order valence-corrected chi connectivity index (χ1v) is 8.12. The molecule has 1 unspecified atom stereocenters. The molecule has 1 aromatic heterocycles. The summed E-state index contributed by atoms with van der Waals surface area (Å²) in [6.07, 6.45) is 1.84. The predicted molar refractivity (Wildman–Crippen MR) is 71.7 cm³/mol. The topological polar surface area (TPSA) is 75.3 Å². The van der Waals surface area contributed by atoms with Gasteiger partial charge in [-0.3, -0.25) is 5.10 Å². The standard InChI is InChI=1S/C11H18ClN3O3S/c1-8-10(6-12)11(14-13-8)19(16,17)15(2)7-9-4-3-5-18-9/h9H,3-7H2,1-2H3,(H,13,14). The van der Waals surface area contributed by atoms with Gasteiger partial charge in [0, 0.05) is 31.5 Å². The van der Waals surface area contributed by atoms with Gasteiger partial charge in [0.1, 0.15) is 0 Å². The van der Waals surface area contributed by atoms with Gasteiger partial charge in [-0.25, -0.2) is 8.42 Å². The van der Waals surface area contributed by atoms with Crippen molar-refractivity contribution in [2.45, 2.75) is 36.8 Å². The lowest BCUT2D eigenvalue weighted by atomic mass is 10.2. The predicted octanol–water partition coefficient (Wildman–Crippen LogP) is 1.26. The molecule has 1 aromatic rings. The number of alkyl halides is 1. The van der Waals surface area contributed by atoms with Crippen LogP contribution in [-0.4, -0.2) is 49.2 Å². The summed E-state index contributed by atoms with van der Waals surface area (Å²) in [6, 6.07) is 0. The Morgan fingerprint density at radius 3 is 2.89 bits per heavy atom. The van der Waals surface area contributed by atoms with Gasteiger partial charge in [0.05, 0.1) is 12.0 Å². The number of nitrogens with one attached hydrogen (secondary N) is 1. The smallest absolute Gasteiger partial charge is 0.262 e. The molecule has 2 heterocycles. The van der Waals surface area contributed by atoms with Gasteiger partial charge in [-0.1, -0.05) is 0 Å². The van der Waals surface area contributed by atoms with Crippen LogP contribution in [-0.2, 0) is 20.6 Å². The maximum Gasteiger partial charge on any atom is 0.262 e. The van der Waals surface area contributed by atoms with Crippen molar-refractivity contribution in [2.24, 2.45) is 0 Å². The van der Waals surface area contributed by atoms with Crippen LogP contribution >= 0.6 is 11.6 Å². The van der Waals surface area contributed by atoms with E-state index in [0.29, 0.717) is 24.4 Å². The molecule has 0 bridgehead atoms. The van der Waals surface area contributed by atoms with E-state index in [9.17, 15) is 8.42 Å². The number of halogens is 1. The summed E-state index contributed by atoms with van der Waals surface area (Å²) in [5, 5.41) is 6.56. The van der Waals surface area contributed by atoms with Gasteiger partial charge in [-0.15, -0.1) is 11.6 Å². The highest BCUT2D eigenvalue weighted by Gasteiger charge is 2.30. The van der Waals surface area contributed by atoms with Gasteiger partial charge in [0.15, 0.2) is 5.03 Å². The van der Waals surface area contributed by atoms with Crippen LogP contribution in [0.2, 0.25) is 0 Å². The number of sulfonamides is 1. The number of rotatable bonds is 5. The molecule has 1 saturated heterocycles. The summed E-state index contributed by atoms with van der Waals surface area (Å²) in [4.78, 5) is 0. The monoisotopic (exact) mass is 307 g/mol. The van der Waals surface area contributed by atoms with E-state index < -0.39 is 10.0 Å². The van der Waals surface area contributed by atoms with E-state index >= 15 is 0 Å². The number of hydrogen-bond donors (Lipinski definition) is 1. The van der Waals surface area contributed by atoms with Crippen LogP contribution in [0.4, 0.5) is 0 Å². The maximum absolute atomic E-state index is 12.4. The van der Waals surface area contributed by atoms with Crippen molar-refractivity contribution in [3.63, 3.8) is 0 Å². The Kier molecular flexibility index (Phi) is 4.50. The van der Waals surface area contributed by atoms with Crippen LogP contribution in [0, 0.1) is 6.92 Å². The van der Waals surface area contributed by atoms with Crippen molar-refractivity contribution in [1.29, 1.82) is 0 Å². The molecule has 108 valence electrons. The second-order valence-electron chi connectivity index (χ2n) is 4.69. The number of hydrogen-bond acceptors (Lipinski definition) is 4. The van der Waals surface area contributed by atoms with E-state index in [-0.39, 0.29) is 17.0 Å². The van der Waals surface area contributed by atoms with E-state index in [4.69, 9.17) is 16.3 Å². The highest BCUT2D eigenvalue weighted by molar-refractivity contribution is 7.89. The summed E-state index contributed by atoms with van der Waals surface area (Å²) in [6.45, 7) is 2.80. The van der Waals surface area contributed by atoms with Crippen molar-refractivity contribution in [1.82, 2.24) is 14.5 Å². The summed E-state index contributed by atoms with van der Waals surface area (Å²) in [5.41, 5.74) is 1.21. The molecule has 1 aliphatic heterocycles. The number of likely N-dealkylation sites (N-methyl/N-ethyl adjacent to an activating group) is 1. The molecule has 1 fully saturated rings. The number of ether oxygens (including phenoxy) is 1. The third-order valence-electron chi connectivity index (χ3n) is 3.31. The van der Waals surface area contributed by atoms with Crippen LogP contribution in [0.5, 0.6) is 0 Å². The zero-order chi connectivity index (χ0) is 14.0. The van der Waals surface area contributed by atoms with E-state index in [0.717, 1.165) is 12.8 Å². The fourth-order valence-corrected chi connectivity index (χ4v) is 3.88. The second kappa shape index (κ2) is 5.78. The molecule has 1 N–H and O–H groups in total. The lowest BCUT2D eigenvalue weighted by molar-refractivity contribution is 0.0978. The zero-order valence-corrected chi connectivity index (χ0v) is 12.6. The molecule has 2 rings (SSSR count). The summed E-state index contributed by atoms with van der Waals surface area (Å²) in [7, 11) is -2.08. The minimum atomic E-state index is -3.62. The first kappa shape index (κ1) is 14.8. The molecule has 0 spiro atoms. The van der Waals surface area contributed by atoms with Gasteiger partial charge in [0.2, 0.25) is 0 Å². The van der Waals surface area contributed by atoms with E-state index in [1.54, 1.807) is 14.0 Å². The van der Waals surface area contributed by atoms with Crippen LogP contribution in [0.25, 0.3) is 0 Å². The fraction of sp³-hybridized carbons (Fsp3) is 0.727. The lowest BCUT2D eigenvalue weighted by Crippen LogP contribution is -2.34. The Hall–Kier alpha value is -0.630. The molecule has 6 nitrogen and oxygen atoms in total. The van der Waals surface area contributed by atoms with Crippen molar-refractivity contribution < 1.29 is 13.2 Å². The first-order valence-electron chi connectivity index (χ1n) is 6.14. The van der Waals surface area contributed by atoms with Crippen LogP contribution in [0.3, 0.4) is 0 Å². The third kappa shape index (κ3) is 2.94. The Morgan fingerprint density at radius 1 is 1.58 bits per heavy atom. The molecule has 0 radical (unpaired) electrons. The number of nitrogens with zero attached hydrogens (tertiary/aromatic N) is 2. The minimum absolute atomic E-state index is 0.0143.